The third-order valence-electron chi connectivity index (χ3n) is 2.02. The number of aliphatic hydroxyl groups excluding tert-OH is 1. The first-order valence-electron chi connectivity index (χ1n) is 5.05. The van der Waals surface area contributed by atoms with Gasteiger partial charge in [-0.1, -0.05) is 0 Å². The van der Waals surface area contributed by atoms with Gasteiger partial charge in [0.15, 0.2) is 0 Å². The lowest BCUT2D eigenvalue weighted by atomic mass is 10.3. The van der Waals surface area contributed by atoms with Crippen molar-refractivity contribution < 1.29 is 14.6 Å². The summed E-state index contributed by atoms with van der Waals surface area (Å²) in [6, 6.07) is 0. The second-order valence-electron chi connectivity index (χ2n) is 3.57. The van der Waals surface area contributed by atoms with Gasteiger partial charge in [0, 0.05) is 27.4 Å². The number of nitrogens with zero attached hydrogens (tertiary/aromatic N) is 1. The molecule has 0 heterocycles. The molecule has 0 bridgehead atoms. The zero-order chi connectivity index (χ0) is 10.8. The predicted octanol–water partition coefficient (Wildman–Crippen LogP) is 0.352. The van der Waals surface area contributed by atoms with E-state index in [0.29, 0.717) is 13.2 Å². The molecule has 1 atom stereocenters. The van der Waals surface area contributed by atoms with E-state index < -0.39 is 0 Å². The summed E-state index contributed by atoms with van der Waals surface area (Å²) in [5.41, 5.74) is 0. The van der Waals surface area contributed by atoms with Crippen LogP contribution in [0.25, 0.3) is 0 Å². The van der Waals surface area contributed by atoms with Crippen molar-refractivity contribution in [1.29, 1.82) is 0 Å². The van der Waals surface area contributed by atoms with Crippen LogP contribution < -0.4 is 0 Å². The van der Waals surface area contributed by atoms with Gasteiger partial charge in [-0.25, -0.2) is 0 Å². The van der Waals surface area contributed by atoms with Crippen molar-refractivity contribution in [2.24, 2.45) is 0 Å². The average molecular weight is 205 g/mol. The van der Waals surface area contributed by atoms with E-state index in [9.17, 15) is 5.11 Å². The number of hydrogen-bond acceptors (Lipinski definition) is 4. The Morgan fingerprint density at radius 1 is 1.21 bits per heavy atom. The molecule has 0 amide bonds. The number of ether oxygens (including phenoxy) is 2. The molecule has 0 aromatic carbocycles. The third-order valence-corrected chi connectivity index (χ3v) is 2.02. The van der Waals surface area contributed by atoms with Crippen molar-refractivity contribution in [2.45, 2.75) is 18.9 Å². The lowest BCUT2D eigenvalue weighted by Crippen LogP contribution is -2.32. The SMILES string of the molecule is COCCCCN(C)CC(O)COC. The largest absolute Gasteiger partial charge is 0.389 e. The van der Waals surface area contributed by atoms with Crippen molar-refractivity contribution in [3.8, 4) is 0 Å². The van der Waals surface area contributed by atoms with Crippen molar-refractivity contribution in [1.82, 2.24) is 4.90 Å². The Hall–Kier alpha value is -0.160. The van der Waals surface area contributed by atoms with Gasteiger partial charge in [0.05, 0.1) is 12.7 Å². The minimum Gasteiger partial charge on any atom is -0.389 e. The summed E-state index contributed by atoms with van der Waals surface area (Å²) >= 11 is 0. The molecular formula is C10H23NO3. The van der Waals surface area contributed by atoms with Crippen LogP contribution in [0.5, 0.6) is 0 Å². The molecule has 1 N–H and O–H groups in total. The molecule has 0 radical (unpaired) electrons. The van der Waals surface area contributed by atoms with Crippen LogP contribution in [0.3, 0.4) is 0 Å². The van der Waals surface area contributed by atoms with Gasteiger partial charge in [-0.2, -0.15) is 0 Å². The Kier molecular flexibility index (Phi) is 9.29. The lowest BCUT2D eigenvalue weighted by molar-refractivity contribution is 0.0427. The normalized spacial score (nSPS) is 13.5. The third kappa shape index (κ3) is 8.44. The molecule has 86 valence electrons. The van der Waals surface area contributed by atoms with Gasteiger partial charge in [-0.15, -0.1) is 0 Å². The Bertz CT molecular complexity index is 122. The molecule has 0 saturated carbocycles. The highest BCUT2D eigenvalue weighted by Gasteiger charge is 2.06. The molecular weight excluding hydrogens is 182 g/mol. The molecule has 0 aromatic rings. The van der Waals surface area contributed by atoms with Gasteiger partial charge in [0.2, 0.25) is 0 Å². The van der Waals surface area contributed by atoms with Gasteiger partial charge in [0.1, 0.15) is 0 Å². The maximum Gasteiger partial charge on any atom is 0.0899 e. The highest BCUT2D eigenvalue weighted by atomic mass is 16.5. The van der Waals surface area contributed by atoms with Crippen LogP contribution >= 0.6 is 0 Å². The number of methoxy groups -OCH3 is 2. The summed E-state index contributed by atoms with van der Waals surface area (Å²) in [5.74, 6) is 0. The maximum absolute atomic E-state index is 9.43. The fourth-order valence-electron chi connectivity index (χ4n) is 1.32. The average Bonchev–Trinajstić information content (AvgIpc) is 2.13. The quantitative estimate of drug-likeness (QED) is 0.552. The molecule has 4 heteroatoms. The number of likely N-dealkylation sites (N-methyl/N-ethyl adjacent to an activating group) is 1. The van der Waals surface area contributed by atoms with E-state index in [0.717, 1.165) is 26.0 Å². The van der Waals surface area contributed by atoms with Gasteiger partial charge in [0.25, 0.3) is 0 Å². The van der Waals surface area contributed by atoms with E-state index in [-0.39, 0.29) is 6.10 Å². The topological polar surface area (TPSA) is 41.9 Å². The minimum absolute atomic E-state index is 0.382. The lowest BCUT2D eigenvalue weighted by Gasteiger charge is -2.19. The fourth-order valence-corrected chi connectivity index (χ4v) is 1.32. The minimum atomic E-state index is -0.382. The Balaban J connectivity index is 3.30. The van der Waals surface area contributed by atoms with Gasteiger partial charge >= 0.3 is 0 Å². The molecule has 0 fully saturated rings. The van der Waals surface area contributed by atoms with Crippen LogP contribution in [-0.2, 0) is 9.47 Å². The van der Waals surface area contributed by atoms with Crippen molar-refractivity contribution in [3.05, 3.63) is 0 Å². The van der Waals surface area contributed by atoms with E-state index in [1.165, 1.54) is 0 Å². The van der Waals surface area contributed by atoms with Crippen molar-refractivity contribution in [3.63, 3.8) is 0 Å². The first-order valence-corrected chi connectivity index (χ1v) is 5.05. The first kappa shape index (κ1) is 13.8. The fraction of sp³-hybridized carbons (Fsp3) is 1.00. The monoisotopic (exact) mass is 205 g/mol. The molecule has 0 aliphatic rings. The summed E-state index contributed by atoms with van der Waals surface area (Å²) in [6.07, 6.45) is 1.79. The molecule has 0 spiro atoms. The molecule has 0 rings (SSSR count). The van der Waals surface area contributed by atoms with E-state index in [4.69, 9.17) is 9.47 Å². The molecule has 14 heavy (non-hydrogen) atoms. The summed E-state index contributed by atoms with van der Waals surface area (Å²) in [7, 11) is 5.32. The number of unbranched alkanes of at least 4 members (excludes halogenated alkanes) is 1. The smallest absolute Gasteiger partial charge is 0.0899 e. The second kappa shape index (κ2) is 9.40. The van der Waals surface area contributed by atoms with Gasteiger partial charge in [-0.3, -0.25) is 0 Å². The van der Waals surface area contributed by atoms with Crippen LogP contribution in [0.4, 0.5) is 0 Å². The van der Waals surface area contributed by atoms with E-state index in [2.05, 4.69) is 4.90 Å². The van der Waals surface area contributed by atoms with Crippen LogP contribution in [-0.4, -0.2) is 63.7 Å². The summed E-state index contributed by atoms with van der Waals surface area (Å²) in [4.78, 5) is 2.11. The standard InChI is InChI=1S/C10H23NO3/c1-11(6-4-5-7-13-2)8-10(12)9-14-3/h10,12H,4-9H2,1-3H3. The number of rotatable bonds is 9. The highest BCUT2D eigenvalue weighted by Crippen LogP contribution is 1.95. The van der Waals surface area contributed by atoms with E-state index >= 15 is 0 Å². The van der Waals surface area contributed by atoms with E-state index in [1.54, 1.807) is 14.2 Å². The van der Waals surface area contributed by atoms with Crippen LogP contribution in [0, 0.1) is 0 Å². The Morgan fingerprint density at radius 2 is 1.93 bits per heavy atom. The highest BCUT2D eigenvalue weighted by molar-refractivity contribution is 4.60. The molecule has 0 aromatic heterocycles. The van der Waals surface area contributed by atoms with Crippen molar-refractivity contribution in [2.75, 3.05) is 47.6 Å². The van der Waals surface area contributed by atoms with Gasteiger partial charge in [-0.05, 0) is 26.4 Å². The Labute approximate surface area is 86.8 Å². The number of aliphatic hydroxyl groups is 1. The molecule has 1 unspecified atom stereocenters. The van der Waals surface area contributed by atoms with Crippen LogP contribution in [0.1, 0.15) is 12.8 Å². The second-order valence-corrected chi connectivity index (χ2v) is 3.57. The van der Waals surface area contributed by atoms with Crippen LogP contribution in [0.2, 0.25) is 0 Å². The molecule has 0 aliphatic carbocycles. The summed E-state index contributed by atoms with van der Waals surface area (Å²) < 4.78 is 9.81. The van der Waals surface area contributed by atoms with E-state index in [1.807, 2.05) is 7.05 Å². The summed E-state index contributed by atoms with van der Waals surface area (Å²) in [5, 5.41) is 9.43. The molecule has 0 saturated heterocycles. The summed E-state index contributed by atoms with van der Waals surface area (Å²) in [6.45, 7) is 2.88. The molecule has 0 aliphatic heterocycles. The van der Waals surface area contributed by atoms with Gasteiger partial charge < -0.3 is 19.5 Å². The van der Waals surface area contributed by atoms with Crippen molar-refractivity contribution >= 4 is 0 Å². The zero-order valence-electron chi connectivity index (χ0n) is 9.53. The first-order chi connectivity index (χ1) is 6.70. The maximum atomic E-state index is 9.43. The number of hydrogen-bond donors (Lipinski definition) is 1. The predicted molar refractivity (Wildman–Crippen MR) is 56.5 cm³/mol. The Morgan fingerprint density at radius 3 is 2.50 bits per heavy atom. The zero-order valence-corrected chi connectivity index (χ0v) is 9.53. The van der Waals surface area contributed by atoms with Crippen LogP contribution in [0.15, 0.2) is 0 Å². The molecule has 4 nitrogen and oxygen atoms in total.